The molecule has 6 heteroatoms. The summed E-state index contributed by atoms with van der Waals surface area (Å²) in [6.07, 6.45) is 10.8. The lowest BCUT2D eigenvalue weighted by Crippen LogP contribution is -2.33. The molecule has 6 nitrogen and oxygen atoms in total. The summed E-state index contributed by atoms with van der Waals surface area (Å²) in [6.45, 7) is 4.55. The van der Waals surface area contributed by atoms with Crippen LogP contribution in [0.5, 0.6) is 0 Å². The minimum atomic E-state index is -0.396. The third kappa shape index (κ3) is 8.91. The van der Waals surface area contributed by atoms with E-state index in [2.05, 4.69) is 0 Å². The summed E-state index contributed by atoms with van der Waals surface area (Å²) in [4.78, 5) is 11.5. The zero-order valence-corrected chi connectivity index (χ0v) is 18.4. The molecular formula is C23H42O6. The first-order chi connectivity index (χ1) is 14.0. The topological polar surface area (TPSA) is 85.2 Å². The van der Waals surface area contributed by atoms with Crippen molar-refractivity contribution in [2.75, 3.05) is 13.2 Å². The molecule has 0 bridgehead atoms. The Bertz CT molecular complexity index is 449. The largest absolute Gasteiger partial charge is 0.463 e. The molecular weight excluding hydrogens is 372 g/mol. The molecule has 5 atom stereocenters. The van der Waals surface area contributed by atoms with Crippen molar-refractivity contribution in [2.24, 2.45) is 11.8 Å². The number of rotatable bonds is 13. The zero-order valence-electron chi connectivity index (χ0n) is 18.4. The van der Waals surface area contributed by atoms with Crippen LogP contribution in [0.1, 0.15) is 90.9 Å². The second-order valence-corrected chi connectivity index (χ2v) is 8.98. The fraction of sp³-hybridized carbons (Fsp3) is 0.957. The van der Waals surface area contributed by atoms with E-state index in [0.717, 1.165) is 70.8 Å². The van der Waals surface area contributed by atoms with Crippen LogP contribution in [0.2, 0.25) is 0 Å². The number of aliphatic hydroxyl groups is 2. The van der Waals surface area contributed by atoms with Crippen LogP contribution >= 0.6 is 0 Å². The summed E-state index contributed by atoms with van der Waals surface area (Å²) >= 11 is 0. The highest BCUT2D eigenvalue weighted by Gasteiger charge is 2.43. The molecule has 0 spiro atoms. The molecule has 170 valence electrons. The molecule has 2 aliphatic rings. The predicted molar refractivity (Wildman–Crippen MR) is 111 cm³/mol. The van der Waals surface area contributed by atoms with Crippen LogP contribution in [0.15, 0.2) is 0 Å². The molecule has 0 aromatic rings. The van der Waals surface area contributed by atoms with Gasteiger partial charge in [0.25, 0.3) is 0 Å². The minimum absolute atomic E-state index is 0.00231. The van der Waals surface area contributed by atoms with Crippen molar-refractivity contribution in [2.45, 2.75) is 115 Å². The fourth-order valence-electron chi connectivity index (χ4n) is 4.66. The molecule has 2 N–H and O–H groups in total. The van der Waals surface area contributed by atoms with Gasteiger partial charge in [0.15, 0.2) is 6.29 Å². The Morgan fingerprint density at radius 2 is 1.79 bits per heavy atom. The first kappa shape index (κ1) is 24.6. The number of unbranched alkanes of at least 4 members (excludes halogenated alkanes) is 5. The van der Waals surface area contributed by atoms with Gasteiger partial charge in [-0.15, -0.1) is 0 Å². The molecule has 1 heterocycles. The van der Waals surface area contributed by atoms with E-state index in [1.54, 1.807) is 0 Å². The van der Waals surface area contributed by atoms with Crippen LogP contribution in [0.3, 0.4) is 0 Å². The summed E-state index contributed by atoms with van der Waals surface area (Å²) in [6, 6.07) is 0. The molecule has 0 radical (unpaired) electrons. The number of hydrogen-bond donors (Lipinski definition) is 2. The first-order valence-corrected chi connectivity index (χ1v) is 11.8. The zero-order chi connectivity index (χ0) is 21.1. The van der Waals surface area contributed by atoms with Gasteiger partial charge in [-0.1, -0.05) is 32.1 Å². The molecule has 4 unspecified atom stereocenters. The van der Waals surface area contributed by atoms with Crippen molar-refractivity contribution in [3.63, 3.8) is 0 Å². The molecule has 0 amide bonds. The van der Waals surface area contributed by atoms with E-state index >= 15 is 0 Å². The van der Waals surface area contributed by atoms with Crippen LogP contribution in [0.4, 0.5) is 0 Å². The van der Waals surface area contributed by atoms with Gasteiger partial charge in [0.2, 0.25) is 0 Å². The molecule has 1 aliphatic carbocycles. The highest BCUT2D eigenvalue weighted by molar-refractivity contribution is 5.69. The van der Waals surface area contributed by atoms with Gasteiger partial charge in [0, 0.05) is 32.0 Å². The van der Waals surface area contributed by atoms with E-state index in [1.807, 2.05) is 13.8 Å². The highest BCUT2D eigenvalue weighted by Crippen LogP contribution is 2.39. The van der Waals surface area contributed by atoms with E-state index in [-0.39, 0.29) is 42.9 Å². The molecule has 2 rings (SSSR count). The van der Waals surface area contributed by atoms with Crippen LogP contribution in [0.25, 0.3) is 0 Å². The number of aliphatic hydroxyl groups excluding tert-OH is 2. The monoisotopic (exact) mass is 414 g/mol. The van der Waals surface area contributed by atoms with Gasteiger partial charge in [0.1, 0.15) is 0 Å². The van der Waals surface area contributed by atoms with Crippen LogP contribution < -0.4 is 0 Å². The summed E-state index contributed by atoms with van der Waals surface area (Å²) < 4.78 is 16.9. The lowest BCUT2D eigenvalue weighted by molar-refractivity contribution is -0.198. The molecule has 0 aromatic heterocycles. The van der Waals surface area contributed by atoms with Crippen LogP contribution in [0, 0.1) is 11.8 Å². The van der Waals surface area contributed by atoms with Crippen molar-refractivity contribution in [1.82, 2.24) is 0 Å². The maximum Gasteiger partial charge on any atom is 0.306 e. The summed E-state index contributed by atoms with van der Waals surface area (Å²) in [5.74, 6) is 0.0163. The number of carbonyl (C=O) groups is 1. The third-order valence-electron chi connectivity index (χ3n) is 6.21. The predicted octanol–water partition coefficient (Wildman–Crippen LogP) is 3.96. The van der Waals surface area contributed by atoms with Gasteiger partial charge in [-0.3, -0.25) is 4.79 Å². The molecule has 2 fully saturated rings. The normalized spacial score (nSPS) is 30.0. The van der Waals surface area contributed by atoms with E-state index < -0.39 is 6.10 Å². The molecule has 1 aliphatic heterocycles. The Morgan fingerprint density at radius 1 is 1.07 bits per heavy atom. The van der Waals surface area contributed by atoms with Gasteiger partial charge in [0.05, 0.1) is 18.3 Å². The number of esters is 1. The maximum atomic E-state index is 11.5. The van der Waals surface area contributed by atoms with Gasteiger partial charge in [-0.2, -0.15) is 0 Å². The highest BCUT2D eigenvalue weighted by atomic mass is 16.7. The molecule has 1 saturated carbocycles. The Labute approximate surface area is 176 Å². The van der Waals surface area contributed by atoms with Gasteiger partial charge < -0.3 is 24.4 Å². The minimum Gasteiger partial charge on any atom is -0.463 e. The Kier molecular flexibility index (Phi) is 11.5. The lowest BCUT2D eigenvalue weighted by atomic mass is 9.89. The molecule has 1 saturated heterocycles. The van der Waals surface area contributed by atoms with E-state index in [1.165, 1.54) is 0 Å². The van der Waals surface area contributed by atoms with Crippen molar-refractivity contribution in [1.29, 1.82) is 0 Å². The standard InChI is InChI=1S/C23H42O6/c1-17(2)28-22(26)12-8-6-4-3-5-7-11-18-19(16-24)21(15-20(18)25)29-23-13-9-10-14-27-23/h17-21,23-25H,3-16H2,1-2H3/t18?,19-,20?,21?,23?/m1/s1. The Hall–Kier alpha value is -0.690. The van der Waals surface area contributed by atoms with Crippen molar-refractivity contribution < 1.29 is 29.2 Å². The van der Waals surface area contributed by atoms with Crippen LogP contribution in [-0.4, -0.2) is 54.0 Å². The van der Waals surface area contributed by atoms with Crippen LogP contribution in [-0.2, 0) is 19.0 Å². The average Bonchev–Trinajstić information content (AvgIpc) is 2.98. The molecule has 29 heavy (non-hydrogen) atoms. The SMILES string of the molecule is CC(C)OC(=O)CCCCCCCCC1C(O)CC(OC2CCCCO2)[C@@H]1CO. The second-order valence-electron chi connectivity index (χ2n) is 8.98. The quantitative estimate of drug-likeness (QED) is 0.350. The Morgan fingerprint density at radius 3 is 2.45 bits per heavy atom. The Balaban J connectivity index is 1.57. The third-order valence-corrected chi connectivity index (χ3v) is 6.21. The van der Waals surface area contributed by atoms with E-state index in [9.17, 15) is 15.0 Å². The summed E-state index contributed by atoms with van der Waals surface area (Å²) in [5.41, 5.74) is 0. The van der Waals surface area contributed by atoms with Gasteiger partial charge in [-0.05, 0) is 51.9 Å². The average molecular weight is 415 g/mol. The van der Waals surface area contributed by atoms with E-state index in [4.69, 9.17) is 14.2 Å². The van der Waals surface area contributed by atoms with Crippen molar-refractivity contribution >= 4 is 5.97 Å². The molecule has 0 aromatic carbocycles. The number of ether oxygens (including phenoxy) is 3. The smallest absolute Gasteiger partial charge is 0.306 e. The number of hydrogen-bond acceptors (Lipinski definition) is 6. The lowest BCUT2D eigenvalue weighted by Gasteiger charge is -2.29. The first-order valence-electron chi connectivity index (χ1n) is 11.8. The summed E-state index contributed by atoms with van der Waals surface area (Å²) in [7, 11) is 0. The maximum absolute atomic E-state index is 11.5. The second kappa shape index (κ2) is 13.6. The number of carbonyl (C=O) groups excluding carboxylic acids is 1. The van der Waals surface area contributed by atoms with Crippen molar-refractivity contribution in [3.05, 3.63) is 0 Å². The van der Waals surface area contributed by atoms with Gasteiger partial charge >= 0.3 is 5.97 Å². The van der Waals surface area contributed by atoms with Gasteiger partial charge in [-0.25, -0.2) is 0 Å². The van der Waals surface area contributed by atoms with E-state index in [0.29, 0.717) is 12.8 Å². The van der Waals surface area contributed by atoms with Crippen molar-refractivity contribution in [3.8, 4) is 0 Å². The summed E-state index contributed by atoms with van der Waals surface area (Å²) in [5, 5.41) is 20.4. The fourth-order valence-corrected chi connectivity index (χ4v) is 4.66.